The summed E-state index contributed by atoms with van der Waals surface area (Å²) in [5, 5.41) is 12.3. The summed E-state index contributed by atoms with van der Waals surface area (Å²) < 4.78 is 18.6. The summed E-state index contributed by atoms with van der Waals surface area (Å²) in [6.45, 7) is 12.2. The number of aliphatic hydroxyl groups excluding tert-OH is 1. The van der Waals surface area contributed by atoms with E-state index in [0.29, 0.717) is 44.2 Å². The number of carbonyl (C=O) groups excluding carboxylic acids is 4. The first-order chi connectivity index (χ1) is 25.6. The van der Waals surface area contributed by atoms with Crippen molar-refractivity contribution in [3.05, 3.63) is 90.5 Å². The maximum atomic E-state index is 15.0. The monoisotopic (exact) mass is 729 g/mol. The van der Waals surface area contributed by atoms with E-state index in [1.165, 1.54) is 7.11 Å². The molecule has 3 amide bonds. The van der Waals surface area contributed by atoms with Gasteiger partial charge in [-0.05, 0) is 68.7 Å². The van der Waals surface area contributed by atoms with Crippen LogP contribution in [0.15, 0.2) is 73.8 Å². The first-order valence-electron chi connectivity index (χ1n) is 18.8. The third-order valence-electron chi connectivity index (χ3n) is 10.9. The predicted molar refractivity (Wildman–Crippen MR) is 202 cm³/mol. The number of ether oxygens (including phenoxy) is 3. The zero-order chi connectivity index (χ0) is 38.1. The van der Waals surface area contributed by atoms with E-state index in [1.807, 2.05) is 62.4 Å². The smallest absolute Gasteiger partial charge is 0.313 e. The number of fused-ring (bicyclic) bond motifs is 1. The number of amides is 3. The molecule has 3 aliphatic rings. The highest BCUT2D eigenvalue weighted by atomic mass is 16.6. The van der Waals surface area contributed by atoms with Crippen LogP contribution < -0.4 is 10.2 Å². The van der Waals surface area contributed by atoms with Crippen LogP contribution >= 0.6 is 0 Å². The van der Waals surface area contributed by atoms with Crippen molar-refractivity contribution in [2.45, 2.75) is 95.1 Å². The molecule has 2 bridgehead atoms. The number of methoxy groups -OCH3 is 1. The number of likely N-dealkylation sites (tertiary alicyclic amines) is 1. The summed E-state index contributed by atoms with van der Waals surface area (Å²) in [7, 11) is 1.51. The second-order valence-electron chi connectivity index (χ2n) is 14.5. The van der Waals surface area contributed by atoms with Gasteiger partial charge in [-0.15, -0.1) is 13.2 Å². The van der Waals surface area contributed by atoms with Crippen molar-refractivity contribution in [3.63, 3.8) is 0 Å². The van der Waals surface area contributed by atoms with Crippen molar-refractivity contribution >= 4 is 29.4 Å². The average molecular weight is 730 g/mol. The maximum Gasteiger partial charge on any atom is 0.313 e. The molecule has 11 nitrogen and oxygen atoms in total. The molecule has 2 N–H and O–H groups in total. The van der Waals surface area contributed by atoms with Crippen LogP contribution in [0.25, 0.3) is 0 Å². The molecule has 7 atom stereocenters. The van der Waals surface area contributed by atoms with E-state index >= 15 is 0 Å². The number of unbranched alkanes of at least 4 members (excludes halogenated alkanes) is 3. The average Bonchev–Trinajstić information content (AvgIpc) is 3.80. The number of anilines is 1. The van der Waals surface area contributed by atoms with Crippen LogP contribution in [-0.2, 0) is 33.4 Å². The number of aliphatic hydroxyl groups is 1. The van der Waals surface area contributed by atoms with E-state index in [-0.39, 0.29) is 43.9 Å². The number of hydrogen-bond donors (Lipinski definition) is 2. The lowest BCUT2D eigenvalue weighted by molar-refractivity contribution is -0.163. The number of nitrogens with one attached hydrogen (secondary N) is 1. The Morgan fingerprint density at radius 1 is 1.09 bits per heavy atom. The summed E-state index contributed by atoms with van der Waals surface area (Å²) in [6.07, 6.45) is 6.27. The molecule has 0 aliphatic carbocycles. The second-order valence-corrected chi connectivity index (χ2v) is 14.5. The van der Waals surface area contributed by atoms with Gasteiger partial charge in [-0.2, -0.15) is 0 Å². The number of esters is 1. The van der Waals surface area contributed by atoms with Gasteiger partial charge in [-0.25, -0.2) is 0 Å². The van der Waals surface area contributed by atoms with Crippen molar-refractivity contribution in [1.29, 1.82) is 0 Å². The molecule has 3 saturated heterocycles. The van der Waals surface area contributed by atoms with Crippen LogP contribution in [-0.4, -0.2) is 90.9 Å². The second kappa shape index (κ2) is 18.1. The Bertz CT molecular complexity index is 1630. The standard InChI is InChI=1S/C42H55N3O8/c1-6-8-18-34(47)43-31(27-51-5)37(30-16-12-11-13-17-30)52-41(50)35-33-21-22-42(53-33)36(35)39(48)45(24-14-9-10-15-25-46)38(42)40(49)44(23-7-2)32-26-28(3)19-20-29(32)4/h6-7,11-13,16-17,19-20,26,31,33,35-38,46H,1-2,8-10,14-15,18,21-25,27H2,3-5H3,(H,43,47)/t31-,33-,35+,36+,37-,38-,42+/m1/s1. The number of carbonyl (C=O) groups is 4. The first kappa shape index (κ1) is 39.9. The van der Waals surface area contributed by atoms with E-state index in [1.54, 1.807) is 22.0 Å². The summed E-state index contributed by atoms with van der Waals surface area (Å²) >= 11 is 0. The van der Waals surface area contributed by atoms with Crippen LogP contribution in [0.3, 0.4) is 0 Å². The van der Waals surface area contributed by atoms with Crippen molar-refractivity contribution in [2.24, 2.45) is 11.8 Å². The molecule has 0 saturated carbocycles. The molecule has 3 heterocycles. The predicted octanol–water partition coefficient (Wildman–Crippen LogP) is 5.13. The van der Waals surface area contributed by atoms with Gasteiger partial charge in [0.2, 0.25) is 11.8 Å². The highest BCUT2D eigenvalue weighted by Gasteiger charge is 2.75. The number of aryl methyl sites for hydroxylation is 2. The Labute approximate surface area is 313 Å². The Balaban J connectivity index is 1.50. The van der Waals surface area contributed by atoms with Gasteiger partial charge in [0, 0.05) is 38.9 Å². The molecule has 1 spiro atoms. The summed E-state index contributed by atoms with van der Waals surface area (Å²) in [4.78, 5) is 60.5. The molecule has 286 valence electrons. The highest BCUT2D eigenvalue weighted by Crippen LogP contribution is 2.59. The van der Waals surface area contributed by atoms with Gasteiger partial charge in [0.15, 0.2) is 0 Å². The fourth-order valence-corrected chi connectivity index (χ4v) is 8.41. The zero-order valence-electron chi connectivity index (χ0n) is 31.3. The minimum absolute atomic E-state index is 0.0711. The molecule has 2 aromatic rings. The number of allylic oxidation sites excluding steroid dienone is 1. The molecule has 2 aromatic carbocycles. The lowest BCUT2D eigenvalue weighted by Gasteiger charge is -2.37. The summed E-state index contributed by atoms with van der Waals surface area (Å²) in [5.41, 5.74) is 2.07. The van der Waals surface area contributed by atoms with Crippen molar-refractivity contribution in [3.8, 4) is 0 Å². The van der Waals surface area contributed by atoms with Crippen molar-refractivity contribution in [1.82, 2.24) is 10.2 Å². The van der Waals surface area contributed by atoms with E-state index < -0.39 is 47.7 Å². The minimum atomic E-state index is -1.22. The lowest BCUT2D eigenvalue weighted by atomic mass is 9.70. The fraction of sp³-hybridized carbons (Fsp3) is 0.524. The number of hydrogen-bond acceptors (Lipinski definition) is 8. The van der Waals surface area contributed by atoms with E-state index in [9.17, 15) is 24.3 Å². The van der Waals surface area contributed by atoms with Crippen LogP contribution in [0, 0.1) is 25.7 Å². The molecule has 5 rings (SSSR count). The Morgan fingerprint density at radius 3 is 2.55 bits per heavy atom. The van der Waals surface area contributed by atoms with Crippen LogP contribution in [0.2, 0.25) is 0 Å². The van der Waals surface area contributed by atoms with Crippen molar-refractivity contribution < 1.29 is 38.5 Å². The molecule has 11 heteroatoms. The summed E-state index contributed by atoms with van der Waals surface area (Å²) in [5.74, 6) is -3.30. The van der Waals surface area contributed by atoms with E-state index in [2.05, 4.69) is 18.5 Å². The molecule has 3 fully saturated rings. The van der Waals surface area contributed by atoms with Gasteiger partial charge in [-0.1, -0.05) is 67.5 Å². The maximum absolute atomic E-state index is 15.0. The van der Waals surface area contributed by atoms with Crippen LogP contribution in [0.4, 0.5) is 5.69 Å². The normalized spacial score (nSPS) is 24.0. The van der Waals surface area contributed by atoms with E-state index in [4.69, 9.17) is 14.2 Å². The largest absolute Gasteiger partial charge is 0.455 e. The minimum Gasteiger partial charge on any atom is -0.455 e. The number of nitrogens with zero attached hydrogens (tertiary/aromatic N) is 2. The first-order valence-corrected chi connectivity index (χ1v) is 18.8. The third kappa shape index (κ3) is 8.42. The molecular weight excluding hydrogens is 674 g/mol. The van der Waals surface area contributed by atoms with Gasteiger partial charge >= 0.3 is 5.97 Å². The van der Waals surface area contributed by atoms with Gasteiger partial charge in [-0.3, -0.25) is 19.2 Å². The molecule has 0 radical (unpaired) electrons. The Morgan fingerprint density at radius 2 is 1.85 bits per heavy atom. The molecule has 53 heavy (non-hydrogen) atoms. The molecule has 0 aromatic heterocycles. The topological polar surface area (TPSA) is 135 Å². The quantitative estimate of drug-likeness (QED) is 0.109. The van der Waals surface area contributed by atoms with Gasteiger partial charge in [0.05, 0.1) is 30.6 Å². The number of benzene rings is 2. The summed E-state index contributed by atoms with van der Waals surface area (Å²) in [6, 6.07) is 13.4. The molecule has 3 aliphatic heterocycles. The van der Waals surface area contributed by atoms with E-state index in [0.717, 1.165) is 29.7 Å². The van der Waals surface area contributed by atoms with Gasteiger partial charge < -0.3 is 34.4 Å². The van der Waals surface area contributed by atoms with Gasteiger partial charge in [0.25, 0.3) is 5.91 Å². The van der Waals surface area contributed by atoms with Crippen LogP contribution in [0.5, 0.6) is 0 Å². The SMILES string of the molecule is C=CCCC(=O)N[C@H](COC)[C@H](OC(=O)[C@@H]1[C@H]2C(=O)N(CCCCCCO)[C@H](C(=O)N(CC=C)c3cc(C)ccc3C)[C@]23CC[C@H]1O3)c1ccccc1. The number of rotatable bonds is 20. The lowest BCUT2D eigenvalue weighted by Crippen LogP contribution is -2.56. The van der Waals surface area contributed by atoms with Gasteiger partial charge in [0.1, 0.15) is 17.7 Å². The van der Waals surface area contributed by atoms with Crippen LogP contribution in [0.1, 0.15) is 74.2 Å². The Hall–Kier alpha value is -4.32. The molecule has 0 unspecified atom stereocenters. The third-order valence-corrected chi connectivity index (χ3v) is 10.9. The Kier molecular flexibility index (Phi) is 13.6. The highest BCUT2D eigenvalue weighted by molar-refractivity contribution is 6.05. The zero-order valence-corrected chi connectivity index (χ0v) is 31.3. The van der Waals surface area contributed by atoms with Crippen molar-refractivity contribution in [2.75, 3.05) is 38.3 Å². The molecular formula is C42H55N3O8. The fourth-order valence-electron chi connectivity index (χ4n) is 8.41.